The third-order valence-corrected chi connectivity index (χ3v) is 6.25. The van der Waals surface area contributed by atoms with Gasteiger partial charge in [0.25, 0.3) is 0 Å². The number of amides is 1. The molecule has 1 atom stereocenters. The number of aliphatic imine (C=N–C) groups is 1. The predicted molar refractivity (Wildman–Crippen MR) is 120 cm³/mol. The molecule has 7 nitrogen and oxygen atoms in total. The lowest BCUT2D eigenvalue weighted by Crippen LogP contribution is -2.42. The number of morpholine rings is 1. The average Bonchev–Trinajstić information content (AvgIpc) is 3.19. The minimum atomic E-state index is -0.426. The monoisotopic (exact) mass is 439 g/mol. The summed E-state index contributed by atoms with van der Waals surface area (Å²) in [6.45, 7) is 7.88. The Morgan fingerprint density at radius 3 is 2.74 bits per heavy atom. The lowest BCUT2D eigenvalue weighted by Gasteiger charge is -2.37. The lowest BCUT2D eigenvalue weighted by atomic mass is 9.94. The fourth-order valence-electron chi connectivity index (χ4n) is 3.87. The number of allylic oxidation sites excluding steroid dienone is 1. The van der Waals surface area contributed by atoms with E-state index in [-0.39, 0.29) is 18.9 Å². The van der Waals surface area contributed by atoms with E-state index >= 15 is 0 Å². The summed E-state index contributed by atoms with van der Waals surface area (Å²) in [7, 11) is 0. The summed E-state index contributed by atoms with van der Waals surface area (Å²) in [5.74, 6) is -0.380. The number of nitrogens with zero attached hydrogens (tertiary/aromatic N) is 3. The molecule has 162 valence electrons. The van der Waals surface area contributed by atoms with Crippen LogP contribution < -0.4 is 0 Å². The van der Waals surface area contributed by atoms with Crippen LogP contribution in [-0.4, -0.2) is 59.8 Å². The lowest BCUT2D eigenvalue weighted by molar-refractivity contribution is -0.138. The molecule has 4 rings (SSSR count). The minimum Gasteiger partial charge on any atom is -0.458 e. The number of fused-ring (bicyclic) bond motifs is 1. The third-order valence-electron chi connectivity index (χ3n) is 5.36. The molecule has 3 aliphatic rings. The van der Waals surface area contributed by atoms with Crippen molar-refractivity contribution in [3.8, 4) is 0 Å². The first-order chi connectivity index (χ1) is 15.1. The number of carbonyl (C=O) groups is 2. The molecular formula is C23H25N3O4S. The molecule has 31 heavy (non-hydrogen) atoms. The van der Waals surface area contributed by atoms with Gasteiger partial charge < -0.3 is 19.3 Å². The van der Waals surface area contributed by atoms with Crippen molar-refractivity contribution in [1.82, 2.24) is 9.80 Å². The molecule has 1 aromatic rings. The molecule has 1 fully saturated rings. The van der Waals surface area contributed by atoms with Gasteiger partial charge in [0, 0.05) is 18.8 Å². The fourth-order valence-corrected chi connectivity index (χ4v) is 4.84. The molecule has 3 heterocycles. The molecule has 3 aliphatic heterocycles. The highest BCUT2D eigenvalue weighted by molar-refractivity contribution is 8.16. The first-order valence-corrected chi connectivity index (χ1v) is 11.1. The molecule has 0 aromatic heterocycles. The molecular weight excluding hydrogens is 414 g/mol. The highest BCUT2D eigenvalue weighted by Crippen LogP contribution is 2.44. The summed E-state index contributed by atoms with van der Waals surface area (Å²) < 4.78 is 10.7. The molecule has 0 saturated carbocycles. The maximum Gasteiger partial charge on any atom is 0.338 e. The number of amidine groups is 1. The van der Waals surface area contributed by atoms with E-state index in [1.807, 2.05) is 52.5 Å². The molecule has 0 radical (unpaired) electrons. The van der Waals surface area contributed by atoms with Crippen molar-refractivity contribution in [2.45, 2.75) is 19.4 Å². The topological polar surface area (TPSA) is 71.4 Å². The van der Waals surface area contributed by atoms with Crippen molar-refractivity contribution < 1.29 is 19.1 Å². The molecule has 1 amide bonds. The van der Waals surface area contributed by atoms with Crippen LogP contribution in [0.15, 0.2) is 70.4 Å². The van der Waals surface area contributed by atoms with Gasteiger partial charge in [0.15, 0.2) is 5.17 Å². The van der Waals surface area contributed by atoms with E-state index in [2.05, 4.69) is 11.6 Å². The van der Waals surface area contributed by atoms with Crippen molar-refractivity contribution >= 4 is 28.8 Å². The number of ether oxygens (including phenoxy) is 2. The molecule has 1 unspecified atom stereocenters. The first-order valence-electron chi connectivity index (χ1n) is 10.2. The number of hydrogen-bond acceptors (Lipinski definition) is 7. The molecule has 0 spiro atoms. The number of thioether (sulfide) groups is 1. The van der Waals surface area contributed by atoms with E-state index < -0.39 is 12.0 Å². The van der Waals surface area contributed by atoms with Crippen LogP contribution in [0, 0.1) is 0 Å². The van der Waals surface area contributed by atoms with E-state index in [0.717, 1.165) is 16.4 Å². The van der Waals surface area contributed by atoms with Gasteiger partial charge in [-0.05, 0) is 17.9 Å². The number of esters is 1. The summed E-state index contributed by atoms with van der Waals surface area (Å²) in [5, 5.41) is 2.72. The number of carbonyl (C=O) groups excluding carboxylic acids is 2. The van der Waals surface area contributed by atoms with Gasteiger partial charge in [0.1, 0.15) is 6.61 Å². The molecule has 1 saturated heterocycles. The van der Waals surface area contributed by atoms with Gasteiger partial charge in [0.2, 0.25) is 5.91 Å². The average molecular weight is 440 g/mol. The van der Waals surface area contributed by atoms with Crippen molar-refractivity contribution in [2.24, 2.45) is 4.99 Å². The molecule has 0 bridgehead atoms. The quantitative estimate of drug-likeness (QED) is 0.501. The maximum atomic E-state index is 13.0. The Morgan fingerprint density at radius 2 is 2.03 bits per heavy atom. The van der Waals surface area contributed by atoms with Crippen LogP contribution in [0.1, 0.15) is 24.9 Å². The van der Waals surface area contributed by atoms with E-state index in [1.165, 1.54) is 11.8 Å². The molecule has 0 N–H and O–H groups in total. The molecule has 0 aliphatic carbocycles. The number of rotatable bonds is 6. The molecule has 1 aromatic carbocycles. The Kier molecular flexibility index (Phi) is 6.58. The zero-order valence-electron chi connectivity index (χ0n) is 17.5. The van der Waals surface area contributed by atoms with E-state index in [0.29, 0.717) is 37.6 Å². The second-order valence-electron chi connectivity index (χ2n) is 7.36. The van der Waals surface area contributed by atoms with Gasteiger partial charge in [-0.15, -0.1) is 0 Å². The van der Waals surface area contributed by atoms with Gasteiger partial charge in [-0.25, -0.2) is 9.79 Å². The summed E-state index contributed by atoms with van der Waals surface area (Å²) in [6.07, 6.45) is 1.78. The third kappa shape index (κ3) is 4.45. The second-order valence-corrected chi connectivity index (χ2v) is 8.20. The van der Waals surface area contributed by atoms with Gasteiger partial charge >= 0.3 is 5.97 Å². The van der Waals surface area contributed by atoms with E-state index in [1.54, 1.807) is 6.08 Å². The van der Waals surface area contributed by atoms with Gasteiger partial charge in [-0.2, -0.15) is 0 Å². The highest BCUT2D eigenvalue weighted by Gasteiger charge is 2.41. The maximum absolute atomic E-state index is 13.0. The van der Waals surface area contributed by atoms with Crippen LogP contribution in [0.25, 0.3) is 0 Å². The van der Waals surface area contributed by atoms with Crippen LogP contribution in [0.3, 0.4) is 0 Å². The zero-order chi connectivity index (χ0) is 21.8. The van der Waals surface area contributed by atoms with Crippen LogP contribution >= 0.6 is 11.8 Å². The van der Waals surface area contributed by atoms with Crippen molar-refractivity contribution in [2.75, 3.05) is 32.9 Å². The second kappa shape index (κ2) is 9.53. The minimum absolute atomic E-state index is 0.0465. The Balaban J connectivity index is 1.66. The number of benzene rings is 1. The highest BCUT2D eigenvalue weighted by atomic mass is 32.2. The normalized spacial score (nSPS) is 20.7. The Hall–Kier alpha value is -2.84. The Labute approximate surface area is 186 Å². The fraction of sp³-hybridized carbons (Fsp3) is 0.348. The summed E-state index contributed by atoms with van der Waals surface area (Å²) in [4.78, 5) is 34.4. The van der Waals surface area contributed by atoms with Crippen LogP contribution in [0.4, 0.5) is 0 Å². The van der Waals surface area contributed by atoms with Gasteiger partial charge in [-0.3, -0.25) is 4.79 Å². The van der Waals surface area contributed by atoms with Gasteiger partial charge in [0.05, 0.1) is 36.9 Å². The van der Waals surface area contributed by atoms with Crippen LogP contribution in [-0.2, 0) is 19.1 Å². The standard InChI is InChI=1S/C23H25N3O4S/c1-3-11-30-22(28)20-16(2)24-23-26(21(20)17-7-5-4-6-8-17)18(15-31-23)14-19(27)25-9-12-29-13-10-25/h3-8,15,21H,1,9-14H2,2H3. The number of hydrogen-bond donors (Lipinski definition) is 0. The smallest absolute Gasteiger partial charge is 0.338 e. The summed E-state index contributed by atoms with van der Waals surface area (Å²) >= 11 is 1.47. The molecule has 8 heteroatoms. The van der Waals surface area contributed by atoms with Crippen molar-refractivity contribution in [3.63, 3.8) is 0 Å². The van der Waals surface area contributed by atoms with Crippen molar-refractivity contribution in [1.29, 1.82) is 0 Å². The summed E-state index contributed by atoms with van der Waals surface area (Å²) in [5.41, 5.74) is 2.86. The van der Waals surface area contributed by atoms with E-state index in [9.17, 15) is 9.59 Å². The predicted octanol–water partition coefficient (Wildman–Crippen LogP) is 3.24. The van der Waals surface area contributed by atoms with Crippen LogP contribution in [0.5, 0.6) is 0 Å². The Bertz CT molecular complexity index is 964. The SMILES string of the molecule is C=CCOC(=O)C1=C(C)N=C2SC=C(CC(=O)N3CCOCC3)N2C1c1ccccc1. The van der Waals surface area contributed by atoms with Crippen molar-refractivity contribution in [3.05, 3.63) is 70.9 Å². The first kappa shape index (κ1) is 21.4. The summed E-state index contributed by atoms with van der Waals surface area (Å²) in [6, 6.07) is 9.36. The van der Waals surface area contributed by atoms with Crippen LogP contribution in [0.2, 0.25) is 0 Å². The zero-order valence-corrected chi connectivity index (χ0v) is 18.3. The Morgan fingerprint density at radius 1 is 1.29 bits per heavy atom. The van der Waals surface area contributed by atoms with Gasteiger partial charge in [-0.1, -0.05) is 54.7 Å². The van der Waals surface area contributed by atoms with E-state index in [4.69, 9.17) is 9.47 Å². The largest absolute Gasteiger partial charge is 0.458 e.